The first-order valence-electron chi connectivity index (χ1n) is 5.68. The van der Waals surface area contributed by atoms with Crippen molar-refractivity contribution in [3.05, 3.63) is 24.0 Å². The lowest BCUT2D eigenvalue weighted by Crippen LogP contribution is -2.35. The van der Waals surface area contributed by atoms with Crippen molar-refractivity contribution in [3.8, 4) is 0 Å². The summed E-state index contributed by atoms with van der Waals surface area (Å²) in [6.45, 7) is 2.62. The molecule has 1 saturated heterocycles. The standard InChI is InChI=1S/C12H17N3O2/c1-8-5-9(3-4-13-8)15-12(16)11-6-10(17-2)7-14-11/h3-5,10-11,14H,6-7H2,1-2H3,(H,13,15,16)/t10-,11-/m0/s1. The van der Waals surface area contributed by atoms with Crippen LogP contribution < -0.4 is 10.6 Å². The van der Waals surface area contributed by atoms with E-state index in [0.29, 0.717) is 6.42 Å². The van der Waals surface area contributed by atoms with Crippen LogP contribution in [0.25, 0.3) is 0 Å². The molecule has 17 heavy (non-hydrogen) atoms. The number of hydrogen-bond donors (Lipinski definition) is 2. The Hall–Kier alpha value is -1.46. The topological polar surface area (TPSA) is 63.2 Å². The molecule has 1 aromatic heterocycles. The van der Waals surface area contributed by atoms with Crippen LogP contribution in [-0.2, 0) is 9.53 Å². The fourth-order valence-electron chi connectivity index (χ4n) is 1.94. The van der Waals surface area contributed by atoms with Crippen molar-refractivity contribution in [1.29, 1.82) is 0 Å². The van der Waals surface area contributed by atoms with Gasteiger partial charge in [0.1, 0.15) is 0 Å². The highest BCUT2D eigenvalue weighted by molar-refractivity contribution is 5.95. The Morgan fingerprint density at radius 2 is 2.47 bits per heavy atom. The first-order valence-corrected chi connectivity index (χ1v) is 5.68. The molecule has 5 nitrogen and oxygen atoms in total. The Morgan fingerprint density at radius 1 is 1.65 bits per heavy atom. The van der Waals surface area contributed by atoms with Gasteiger partial charge in [0.15, 0.2) is 0 Å². The summed E-state index contributed by atoms with van der Waals surface area (Å²) in [6, 6.07) is 3.46. The van der Waals surface area contributed by atoms with Crippen molar-refractivity contribution in [1.82, 2.24) is 10.3 Å². The molecule has 1 aromatic rings. The molecule has 92 valence electrons. The molecule has 1 amide bonds. The number of ether oxygens (including phenoxy) is 1. The van der Waals surface area contributed by atoms with Gasteiger partial charge in [0.05, 0.1) is 12.1 Å². The van der Waals surface area contributed by atoms with Gasteiger partial charge in [-0.2, -0.15) is 0 Å². The molecule has 5 heteroatoms. The second-order valence-corrected chi connectivity index (χ2v) is 4.23. The average molecular weight is 235 g/mol. The summed E-state index contributed by atoms with van der Waals surface area (Å²) in [4.78, 5) is 16.0. The third-order valence-electron chi connectivity index (χ3n) is 2.90. The molecule has 1 aliphatic rings. The molecule has 0 spiro atoms. The van der Waals surface area contributed by atoms with E-state index < -0.39 is 0 Å². The molecule has 2 N–H and O–H groups in total. The van der Waals surface area contributed by atoms with Gasteiger partial charge in [0.25, 0.3) is 0 Å². The fourth-order valence-corrected chi connectivity index (χ4v) is 1.94. The number of anilines is 1. The van der Waals surface area contributed by atoms with Crippen molar-refractivity contribution in [3.63, 3.8) is 0 Å². The number of amides is 1. The lowest BCUT2D eigenvalue weighted by atomic mass is 10.2. The minimum atomic E-state index is -0.173. The SMILES string of the molecule is CO[C@@H]1CN[C@H](C(=O)Nc2ccnc(C)c2)C1. The number of nitrogens with one attached hydrogen (secondary N) is 2. The molecular weight excluding hydrogens is 218 g/mol. The van der Waals surface area contributed by atoms with Crippen LogP contribution in [0.3, 0.4) is 0 Å². The predicted molar refractivity (Wildman–Crippen MR) is 64.8 cm³/mol. The highest BCUT2D eigenvalue weighted by Gasteiger charge is 2.29. The monoisotopic (exact) mass is 235 g/mol. The highest BCUT2D eigenvalue weighted by atomic mass is 16.5. The minimum absolute atomic E-state index is 0.0184. The first kappa shape index (κ1) is 12.0. The van der Waals surface area contributed by atoms with Crippen LogP contribution in [0.1, 0.15) is 12.1 Å². The number of methoxy groups -OCH3 is 1. The van der Waals surface area contributed by atoms with E-state index in [1.165, 1.54) is 0 Å². The zero-order chi connectivity index (χ0) is 12.3. The number of hydrogen-bond acceptors (Lipinski definition) is 4. The van der Waals surface area contributed by atoms with Crippen LogP contribution >= 0.6 is 0 Å². The zero-order valence-electron chi connectivity index (χ0n) is 10.1. The number of rotatable bonds is 3. The third kappa shape index (κ3) is 3.01. The fraction of sp³-hybridized carbons (Fsp3) is 0.500. The molecule has 0 saturated carbocycles. The average Bonchev–Trinajstić information content (AvgIpc) is 2.77. The van der Waals surface area contributed by atoms with Crippen LogP contribution in [0.5, 0.6) is 0 Å². The molecule has 1 fully saturated rings. The molecule has 0 unspecified atom stereocenters. The molecule has 2 rings (SSSR count). The first-order chi connectivity index (χ1) is 8.19. The van der Waals surface area contributed by atoms with Gasteiger partial charge in [0, 0.05) is 31.2 Å². The van der Waals surface area contributed by atoms with E-state index in [1.54, 1.807) is 19.4 Å². The zero-order valence-corrected chi connectivity index (χ0v) is 10.1. The van der Waals surface area contributed by atoms with Gasteiger partial charge < -0.3 is 15.4 Å². The van der Waals surface area contributed by atoms with E-state index in [1.807, 2.05) is 13.0 Å². The van der Waals surface area contributed by atoms with Crippen LogP contribution in [0.15, 0.2) is 18.3 Å². The van der Waals surface area contributed by atoms with Gasteiger partial charge in [-0.3, -0.25) is 9.78 Å². The molecular formula is C12H17N3O2. The number of pyridine rings is 1. The minimum Gasteiger partial charge on any atom is -0.380 e. The largest absolute Gasteiger partial charge is 0.380 e. The summed E-state index contributed by atoms with van der Waals surface area (Å²) in [7, 11) is 1.67. The Morgan fingerprint density at radius 3 is 3.12 bits per heavy atom. The van der Waals surface area contributed by atoms with Crippen molar-refractivity contribution in [2.24, 2.45) is 0 Å². The molecule has 1 aliphatic heterocycles. The van der Waals surface area contributed by atoms with Crippen LogP contribution in [-0.4, -0.2) is 36.7 Å². The van der Waals surface area contributed by atoms with Gasteiger partial charge in [0.2, 0.25) is 5.91 Å². The molecule has 0 aromatic carbocycles. The van der Waals surface area contributed by atoms with Gasteiger partial charge >= 0.3 is 0 Å². The predicted octanol–water partition coefficient (Wildman–Crippen LogP) is 0.705. The second kappa shape index (κ2) is 5.25. The van der Waals surface area contributed by atoms with Gasteiger partial charge in [-0.1, -0.05) is 0 Å². The van der Waals surface area contributed by atoms with Gasteiger partial charge in [-0.15, -0.1) is 0 Å². The second-order valence-electron chi connectivity index (χ2n) is 4.23. The van der Waals surface area contributed by atoms with E-state index in [9.17, 15) is 4.79 Å². The Bertz CT molecular complexity index is 408. The Kier molecular flexibility index (Phi) is 3.71. The molecule has 2 heterocycles. The van der Waals surface area contributed by atoms with Gasteiger partial charge in [-0.25, -0.2) is 0 Å². The summed E-state index contributed by atoms with van der Waals surface area (Å²) in [5.74, 6) is -0.0184. The number of carbonyl (C=O) groups is 1. The smallest absolute Gasteiger partial charge is 0.241 e. The van der Waals surface area contributed by atoms with Crippen LogP contribution in [0.4, 0.5) is 5.69 Å². The molecule has 0 aliphatic carbocycles. The van der Waals surface area contributed by atoms with E-state index in [0.717, 1.165) is 17.9 Å². The number of nitrogens with zero attached hydrogens (tertiary/aromatic N) is 1. The Labute approximate surface area is 101 Å². The number of aryl methyl sites for hydroxylation is 1. The van der Waals surface area contributed by atoms with E-state index in [2.05, 4.69) is 15.6 Å². The summed E-state index contributed by atoms with van der Waals surface area (Å²) >= 11 is 0. The summed E-state index contributed by atoms with van der Waals surface area (Å²) < 4.78 is 5.21. The lowest BCUT2D eigenvalue weighted by molar-refractivity contribution is -0.118. The van der Waals surface area contributed by atoms with Gasteiger partial charge in [-0.05, 0) is 25.5 Å². The van der Waals surface area contributed by atoms with Crippen molar-refractivity contribution < 1.29 is 9.53 Å². The summed E-state index contributed by atoms with van der Waals surface area (Å²) in [6.07, 6.45) is 2.53. The van der Waals surface area contributed by atoms with E-state index >= 15 is 0 Å². The van der Waals surface area contributed by atoms with E-state index in [-0.39, 0.29) is 18.1 Å². The summed E-state index contributed by atoms with van der Waals surface area (Å²) in [5, 5.41) is 6.01. The molecule has 0 radical (unpaired) electrons. The lowest BCUT2D eigenvalue weighted by Gasteiger charge is -2.11. The third-order valence-corrected chi connectivity index (χ3v) is 2.90. The maximum Gasteiger partial charge on any atom is 0.241 e. The van der Waals surface area contributed by atoms with Crippen molar-refractivity contribution in [2.75, 3.05) is 19.0 Å². The highest BCUT2D eigenvalue weighted by Crippen LogP contribution is 2.13. The number of aromatic nitrogens is 1. The van der Waals surface area contributed by atoms with E-state index in [4.69, 9.17) is 4.74 Å². The summed E-state index contributed by atoms with van der Waals surface area (Å²) in [5.41, 5.74) is 1.67. The van der Waals surface area contributed by atoms with Crippen molar-refractivity contribution >= 4 is 11.6 Å². The maximum absolute atomic E-state index is 11.9. The Balaban J connectivity index is 1.93. The number of carbonyl (C=O) groups excluding carboxylic acids is 1. The van der Waals surface area contributed by atoms with Crippen LogP contribution in [0, 0.1) is 6.92 Å². The molecule has 2 atom stereocenters. The maximum atomic E-state index is 11.9. The molecule has 0 bridgehead atoms. The quantitative estimate of drug-likeness (QED) is 0.809. The normalized spacial score (nSPS) is 23.6. The van der Waals surface area contributed by atoms with Crippen molar-refractivity contribution in [2.45, 2.75) is 25.5 Å². The van der Waals surface area contributed by atoms with Crippen LogP contribution in [0.2, 0.25) is 0 Å².